The molecule has 156 valence electrons. The second-order valence-electron chi connectivity index (χ2n) is 7.57. The molecule has 0 aromatic heterocycles. The van der Waals surface area contributed by atoms with Crippen LogP contribution >= 0.6 is 0 Å². The lowest BCUT2D eigenvalue weighted by Gasteiger charge is -2.32. The predicted octanol–water partition coefficient (Wildman–Crippen LogP) is 3.76. The lowest BCUT2D eigenvalue weighted by Crippen LogP contribution is -2.45. The van der Waals surface area contributed by atoms with Crippen LogP contribution in [0.3, 0.4) is 0 Å². The molecule has 1 aliphatic rings. The smallest absolute Gasteiger partial charge is 0.230 e. The SMILES string of the molecule is CCN1CCC[C@@](C(=O)NCc2cccc(OC)c2OC)(c2ccccc2)CC1. The van der Waals surface area contributed by atoms with Crippen LogP contribution in [-0.4, -0.2) is 44.7 Å². The van der Waals surface area contributed by atoms with Gasteiger partial charge in [-0.3, -0.25) is 4.79 Å². The predicted molar refractivity (Wildman–Crippen MR) is 115 cm³/mol. The van der Waals surface area contributed by atoms with E-state index < -0.39 is 5.41 Å². The number of hydrogen-bond acceptors (Lipinski definition) is 4. The summed E-state index contributed by atoms with van der Waals surface area (Å²) < 4.78 is 10.9. The monoisotopic (exact) mass is 396 g/mol. The van der Waals surface area contributed by atoms with Crippen molar-refractivity contribution in [3.05, 3.63) is 59.7 Å². The average molecular weight is 397 g/mol. The standard InChI is InChI=1S/C24H32N2O3/c1-4-26-16-9-14-24(15-17-26,20-11-6-5-7-12-20)23(27)25-18-19-10-8-13-21(28-2)22(19)29-3/h5-8,10-13H,4,9,14-18H2,1-3H3,(H,25,27)/t24-/m0/s1. The molecular formula is C24H32N2O3. The Labute approximate surface area is 174 Å². The zero-order valence-electron chi connectivity index (χ0n) is 17.7. The summed E-state index contributed by atoms with van der Waals surface area (Å²) in [6.45, 7) is 5.59. The number of para-hydroxylation sites is 1. The van der Waals surface area contributed by atoms with Crippen LogP contribution in [-0.2, 0) is 16.8 Å². The fourth-order valence-corrected chi connectivity index (χ4v) is 4.35. The molecule has 3 rings (SSSR count). The summed E-state index contributed by atoms with van der Waals surface area (Å²) in [4.78, 5) is 16.0. The maximum Gasteiger partial charge on any atom is 0.230 e. The molecule has 2 aromatic rings. The van der Waals surface area contributed by atoms with Crippen LogP contribution in [0, 0.1) is 0 Å². The molecule has 29 heavy (non-hydrogen) atoms. The molecule has 0 spiro atoms. The molecule has 1 heterocycles. The second-order valence-corrected chi connectivity index (χ2v) is 7.57. The van der Waals surface area contributed by atoms with Crippen molar-refractivity contribution in [3.8, 4) is 11.5 Å². The van der Waals surface area contributed by atoms with E-state index in [0.29, 0.717) is 18.0 Å². The Morgan fingerprint density at radius 3 is 2.52 bits per heavy atom. The van der Waals surface area contributed by atoms with Crippen molar-refractivity contribution in [3.63, 3.8) is 0 Å². The highest BCUT2D eigenvalue weighted by Crippen LogP contribution is 2.36. The molecule has 0 saturated carbocycles. The number of rotatable bonds is 7. The number of benzene rings is 2. The van der Waals surface area contributed by atoms with Crippen molar-refractivity contribution in [2.75, 3.05) is 33.9 Å². The molecule has 0 bridgehead atoms. The van der Waals surface area contributed by atoms with E-state index in [0.717, 1.165) is 50.0 Å². The van der Waals surface area contributed by atoms with Gasteiger partial charge in [0.05, 0.1) is 19.6 Å². The fraction of sp³-hybridized carbons (Fsp3) is 0.458. The summed E-state index contributed by atoms with van der Waals surface area (Å²) in [5.74, 6) is 1.43. The quantitative estimate of drug-likeness (QED) is 0.774. The van der Waals surface area contributed by atoms with E-state index in [1.54, 1.807) is 14.2 Å². The highest BCUT2D eigenvalue weighted by atomic mass is 16.5. The molecule has 5 heteroatoms. The minimum absolute atomic E-state index is 0.0894. The van der Waals surface area contributed by atoms with E-state index in [4.69, 9.17) is 9.47 Å². The number of carbonyl (C=O) groups is 1. The lowest BCUT2D eigenvalue weighted by molar-refractivity contribution is -0.127. The first-order valence-corrected chi connectivity index (χ1v) is 10.4. The Bertz CT molecular complexity index is 809. The van der Waals surface area contributed by atoms with E-state index in [1.165, 1.54) is 0 Å². The van der Waals surface area contributed by atoms with Gasteiger partial charge in [-0.15, -0.1) is 0 Å². The molecule has 1 N–H and O–H groups in total. The highest BCUT2D eigenvalue weighted by molar-refractivity contribution is 5.88. The second kappa shape index (κ2) is 9.79. The fourth-order valence-electron chi connectivity index (χ4n) is 4.35. The van der Waals surface area contributed by atoms with E-state index in [2.05, 4.69) is 29.3 Å². The van der Waals surface area contributed by atoms with Crippen molar-refractivity contribution < 1.29 is 14.3 Å². The first kappa shape index (κ1) is 21.2. The van der Waals surface area contributed by atoms with Crippen LogP contribution in [0.1, 0.15) is 37.3 Å². The third kappa shape index (κ3) is 4.56. The van der Waals surface area contributed by atoms with Crippen LogP contribution in [0.4, 0.5) is 0 Å². The molecule has 0 unspecified atom stereocenters. The van der Waals surface area contributed by atoms with Crippen molar-refractivity contribution in [1.82, 2.24) is 10.2 Å². The van der Waals surface area contributed by atoms with Gasteiger partial charge in [-0.2, -0.15) is 0 Å². The molecule has 2 aromatic carbocycles. The summed E-state index contributed by atoms with van der Waals surface area (Å²) in [5.41, 5.74) is 1.51. The first-order valence-electron chi connectivity index (χ1n) is 10.4. The molecule has 5 nitrogen and oxygen atoms in total. The van der Waals surface area contributed by atoms with Crippen LogP contribution in [0.15, 0.2) is 48.5 Å². The molecular weight excluding hydrogens is 364 g/mol. The number of likely N-dealkylation sites (tertiary alicyclic amines) is 1. The Balaban J connectivity index is 1.85. The molecule has 1 fully saturated rings. The van der Waals surface area contributed by atoms with Gasteiger partial charge in [0, 0.05) is 12.1 Å². The molecule has 0 aliphatic carbocycles. The number of nitrogens with zero attached hydrogens (tertiary/aromatic N) is 1. The van der Waals surface area contributed by atoms with Gasteiger partial charge in [-0.1, -0.05) is 49.4 Å². The molecule has 1 aliphatic heterocycles. The topological polar surface area (TPSA) is 50.8 Å². The van der Waals surface area contributed by atoms with Crippen LogP contribution in [0.5, 0.6) is 11.5 Å². The van der Waals surface area contributed by atoms with E-state index in [1.807, 2.05) is 36.4 Å². The Morgan fingerprint density at radius 1 is 1.03 bits per heavy atom. The van der Waals surface area contributed by atoms with Gasteiger partial charge in [0.1, 0.15) is 0 Å². The van der Waals surface area contributed by atoms with Crippen molar-refractivity contribution in [2.24, 2.45) is 0 Å². The minimum Gasteiger partial charge on any atom is -0.493 e. The van der Waals surface area contributed by atoms with Crippen LogP contribution < -0.4 is 14.8 Å². The number of nitrogens with one attached hydrogen (secondary N) is 1. The minimum atomic E-state index is -0.503. The van der Waals surface area contributed by atoms with Gasteiger partial charge >= 0.3 is 0 Å². The van der Waals surface area contributed by atoms with Gasteiger partial charge in [-0.25, -0.2) is 0 Å². The molecule has 1 amide bonds. The van der Waals surface area contributed by atoms with Gasteiger partial charge in [-0.05, 0) is 50.5 Å². The summed E-state index contributed by atoms with van der Waals surface area (Å²) >= 11 is 0. The zero-order valence-corrected chi connectivity index (χ0v) is 17.7. The van der Waals surface area contributed by atoms with E-state index in [9.17, 15) is 4.79 Å². The van der Waals surface area contributed by atoms with E-state index >= 15 is 0 Å². The van der Waals surface area contributed by atoms with Crippen LogP contribution in [0.2, 0.25) is 0 Å². The van der Waals surface area contributed by atoms with Gasteiger partial charge in [0.15, 0.2) is 11.5 Å². The third-order valence-electron chi connectivity index (χ3n) is 6.06. The molecule has 0 radical (unpaired) electrons. The summed E-state index contributed by atoms with van der Waals surface area (Å²) in [6.07, 6.45) is 2.69. The Kier molecular flexibility index (Phi) is 7.15. The largest absolute Gasteiger partial charge is 0.493 e. The van der Waals surface area contributed by atoms with Crippen molar-refractivity contribution >= 4 is 5.91 Å². The van der Waals surface area contributed by atoms with Gasteiger partial charge in [0.2, 0.25) is 5.91 Å². The average Bonchev–Trinajstić information content (AvgIpc) is 3.01. The zero-order chi connectivity index (χ0) is 20.7. The normalized spacial score (nSPS) is 20.0. The van der Waals surface area contributed by atoms with Crippen LogP contribution in [0.25, 0.3) is 0 Å². The first-order chi connectivity index (χ1) is 14.1. The van der Waals surface area contributed by atoms with E-state index in [-0.39, 0.29) is 5.91 Å². The van der Waals surface area contributed by atoms with Gasteiger partial charge < -0.3 is 19.7 Å². The lowest BCUT2D eigenvalue weighted by atomic mass is 9.73. The van der Waals surface area contributed by atoms with Gasteiger partial charge in [0.25, 0.3) is 0 Å². The maximum absolute atomic E-state index is 13.6. The summed E-state index contributed by atoms with van der Waals surface area (Å²) in [7, 11) is 3.24. The third-order valence-corrected chi connectivity index (χ3v) is 6.06. The maximum atomic E-state index is 13.6. The number of ether oxygens (including phenoxy) is 2. The molecule has 1 atom stereocenters. The number of hydrogen-bond donors (Lipinski definition) is 1. The number of methoxy groups -OCH3 is 2. The molecule has 1 saturated heterocycles. The Morgan fingerprint density at radius 2 is 1.83 bits per heavy atom. The number of carbonyl (C=O) groups excluding carboxylic acids is 1. The summed E-state index contributed by atoms with van der Waals surface area (Å²) in [6, 6.07) is 16.0. The highest BCUT2D eigenvalue weighted by Gasteiger charge is 2.41. The van der Waals surface area contributed by atoms with Crippen molar-refractivity contribution in [2.45, 2.75) is 38.1 Å². The summed E-state index contributed by atoms with van der Waals surface area (Å²) in [5, 5.41) is 3.20. The Hall–Kier alpha value is -2.53. The van der Waals surface area contributed by atoms with Crippen molar-refractivity contribution in [1.29, 1.82) is 0 Å². The number of amides is 1.